The summed E-state index contributed by atoms with van der Waals surface area (Å²) in [4.78, 5) is 21.9. The molecule has 0 aliphatic carbocycles. The third-order valence-electron chi connectivity index (χ3n) is 4.29. The summed E-state index contributed by atoms with van der Waals surface area (Å²) in [6.07, 6.45) is 3.30. The molecular formula is C13H21N3O. The molecule has 1 fully saturated rings. The van der Waals surface area contributed by atoms with Crippen LogP contribution in [0.2, 0.25) is 0 Å². The maximum Gasteiger partial charge on any atom is 0.293 e. The summed E-state index contributed by atoms with van der Waals surface area (Å²) in [5.41, 5.74) is 0.814. The van der Waals surface area contributed by atoms with E-state index in [1.165, 1.54) is 6.34 Å². The molecule has 94 valence electrons. The van der Waals surface area contributed by atoms with Crippen LogP contribution in [0.25, 0.3) is 0 Å². The average Bonchev–Trinajstić information content (AvgIpc) is 2.60. The summed E-state index contributed by atoms with van der Waals surface area (Å²) in [6, 6.07) is 0. The standard InChI is InChI=1S/C13H21N3O/c1-12(2)6-9(7-13(3,4)16(12)5)10-11(17)15-8-14-10/h8-9H,6-7H2,1-5H3. The highest BCUT2D eigenvalue weighted by molar-refractivity contribution is 6.44. The highest BCUT2D eigenvalue weighted by atomic mass is 16.1. The molecule has 4 nitrogen and oxygen atoms in total. The summed E-state index contributed by atoms with van der Waals surface area (Å²) in [7, 11) is 2.16. The van der Waals surface area contributed by atoms with Crippen LogP contribution in [0, 0.1) is 5.92 Å². The van der Waals surface area contributed by atoms with Crippen molar-refractivity contribution in [3.63, 3.8) is 0 Å². The quantitative estimate of drug-likeness (QED) is 0.696. The van der Waals surface area contributed by atoms with Crippen LogP contribution in [0.4, 0.5) is 0 Å². The Labute approximate surface area is 103 Å². The number of carbonyl (C=O) groups excluding carboxylic acids is 1. The Morgan fingerprint density at radius 3 is 2.18 bits per heavy atom. The molecule has 17 heavy (non-hydrogen) atoms. The van der Waals surface area contributed by atoms with Gasteiger partial charge in [-0.15, -0.1) is 0 Å². The summed E-state index contributed by atoms with van der Waals surface area (Å²) in [6.45, 7) is 8.90. The summed E-state index contributed by atoms with van der Waals surface area (Å²) in [5.74, 6) is 0.0809. The number of hydrogen-bond donors (Lipinski definition) is 0. The van der Waals surface area contributed by atoms with Crippen molar-refractivity contribution >= 4 is 18.0 Å². The number of hydrogen-bond acceptors (Lipinski definition) is 3. The molecule has 0 aromatic carbocycles. The number of rotatable bonds is 1. The van der Waals surface area contributed by atoms with Gasteiger partial charge in [0.25, 0.3) is 5.91 Å². The molecular weight excluding hydrogens is 214 g/mol. The number of likely N-dealkylation sites (tertiary alicyclic amines) is 1. The lowest BCUT2D eigenvalue weighted by Crippen LogP contribution is -2.59. The van der Waals surface area contributed by atoms with E-state index < -0.39 is 0 Å². The zero-order valence-corrected chi connectivity index (χ0v) is 11.3. The number of nitrogens with zero attached hydrogens (tertiary/aromatic N) is 3. The molecule has 2 aliphatic heterocycles. The second kappa shape index (κ2) is 3.73. The molecule has 0 bridgehead atoms. The van der Waals surface area contributed by atoms with Gasteiger partial charge in [-0.05, 0) is 47.6 Å². The van der Waals surface area contributed by atoms with Crippen LogP contribution in [0.3, 0.4) is 0 Å². The molecule has 0 radical (unpaired) electrons. The highest BCUT2D eigenvalue weighted by Gasteiger charge is 2.45. The molecule has 2 heterocycles. The lowest BCUT2D eigenvalue weighted by molar-refractivity contribution is -0.112. The lowest BCUT2D eigenvalue weighted by atomic mass is 9.72. The minimum atomic E-state index is -0.147. The van der Waals surface area contributed by atoms with E-state index in [0.29, 0.717) is 5.71 Å². The molecule has 0 spiro atoms. The Kier molecular flexibility index (Phi) is 2.73. The lowest BCUT2D eigenvalue weighted by Gasteiger charge is -2.53. The van der Waals surface area contributed by atoms with Crippen molar-refractivity contribution in [2.24, 2.45) is 15.9 Å². The van der Waals surface area contributed by atoms with E-state index in [9.17, 15) is 4.79 Å². The Morgan fingerprint density at radius 2 is 1.76 bits per heavy atom. The minimum Gasteiger partial charge on any atom is -0.296 e. The van der Waals surface area contributed by atoms with Crippen LogP contribution >= 0.6 is 0 Å². The van der Waals surface area contributed by atoms with Crippen LogP contribution in [0.15, 0.2) is 9.98 Å². The maximum atomic E-state index is 11.6. The fourth-order valence-electron chi connectivity index (χ4n) is 3.11. The van der Waals surface area contributed by atoms with Gasteiger partial charge < -0.3 is 0 Å². The predicted molar refractivity (Wildman–Crippen MR) is 69.6 cm³/mol. The Bertz CT molecular complexity index is 389. The number of aliphatic imine (C=N–C) groups is 2. The molecule has 1 saturated heterocycles. The SMILES string of the molecule is CN1C(C)(C)CC(C2=NC=NC2=O)CC1(C)C. The molecule has 0 aromatic rings. The van der Waals surface area contributed by atoms with Crippen molar-refractivity contribution < 1.29 is 4.79 Å². The van der Waals surface area contributed by atoms with Crippen molar-refractivity contribution in [3.8, 4) is 0 Å². The first-order chi connectivity index (χ1) is 7.74. The first-order valence-electron chi connectivity index (χ1n) is 6.12. The van der Waals surface area contributed by atoms with Gasteiger partial charge >= 0.3 is 0 Å². The van der Waals surface area contributed by atoms with Crippen molar-refractivity contribution in [3.05, 3.63) is 0 Å². The third kappa shape index (κ3) is 2.06. The summed E-state index contributed by atoms with van der Waals surface area (Å²) >= 11 is 0. The fourth-order valence-corrected chi connectivity index (χ4v) is 3.11. The van der Waals surface area contributed by atoms with Crippen LogP contribution in [-0.4, -0.2) is 41.0 Å². The van der Waals surface area contributed by atoms with Crippen molar-refractivity contribution in [2.75, 3.05) is 7.05 Å². The van der Waals surface area contributed by atoms with Gasteiger partial charge in [0.05, 0.1) is 0 Å². The van der Waals surface area contributed by atoms with E-state index in [0.717, 1.165) is 12.8 Å². The first kappa shape index (κ1) is 12.4. The van der Waals surface area contributed by atoms with E-state index in [1.54, 1.807) is 0 Å². The Balaban J connectivity index is 2.25. The van der Waals surface area contributed by atoms with Gasteiger partial charge in [0, 0.05) is 17.0 Å². The van der Waals surface area contributed by atoms with Gasteiger partial charge in [0.15, 0.2) is 0 Å². The van der Waals surface area contributed by atoms with Crippen molar-refractivity contribution in [2.45, 2.75) is 51.6 Å². The molecule has 0 unspecified atom stereocenters. The highest BCUT2D eigenvalue weighted by Crippen LogP contribution is 2.40. The second-order valence-corrected chi connectivity index (χ2v) is 6.35. The van der Waals surface area contributed by atoms with Gasteiger partial charge in [-0.1, -0.05) is 0 Å². The van der Waals surface area contributed by atoms with Crippen molar-refractivity contribution in [1.29, 1.82) is 0 Å². The third-order valence-corrected chi connectivity index (χ3v) is 4.29. The predicted octanol–water partition coefficient (Wildman–Crippen LogP) is 1.89. The van der Waals surface area contributed by atoms with E-state index in [1.807, 2.05) is 0 Å². The van der Waals surface area contributed by atoms with E-state index in [4.69, 9.17) is 0 Å². The molecule has 4 heteroatoms. The topological polar surface area (TPSA) is 45.0 Å². The monoisotopic (exact) mass is 235 g/mol. The Hall–Kier alpha value is -1.03. The molecule has 2 rings (SSSR count). The van der Waals surface area contributed by atoms with Gasteiger partial charge in [0.1, 0.15) is 12.1 Å². The van der Waals surface area contributed by atoms with E-state index in [2.05, 4.69) is 49.6 Å². The van der Waals surface area contributed by atoms with E-state index >= 15 is 0 Å². The maximum absolute atomic E-state index is 11.6. The zero-order valence-electron chi connectivity index (χ0n) is 11.3. The number of piperidine rings is 1. The summed E-state index contributed by atoms with van der Waals surface area (Å²) < 4.78 is 0. The zero-order chi connectivity index (χ0) is 12.8. The normalized spacial score (nSPS) is 28.5. The minimum absolute atomic E-state index is 0.0812. The molecule has 1 amide bonds. The molecule has 0 saturated carbocycles. The summed E-state index contributed by atoms with van der Waals surface area (Å²) in [5, 5.41) is 0. The molecule has 0 N–H and O–H groups in total. The van der Waals surface area contributed by atoms with Gasteiger partial charge in [-0.2, -0.15) is 4.99 Å². The Morgan fingerprint density at radius 1 is 1.24 bits per heavy atom. The second-order valence-electron chi connectivity index (χ2n) is 6.35. The van der Waals surface area contributed by atoms with Crippen LogP contribution < -0.4 is 0 Å². The van der Waals surface area contributed by atoms with Crippen molar-refractivity contribution in [1.82, 2.24) is 4.90 Å². The van der Waals surface area contributed by atoms with Crippen LogP contribution in [-0.2, 0) is 4.79 Å². The first-order valence-corrected chi connectivity index (χ1v) is 6.12. The smallest absolute Gasteiger partial charge is 0.293 e. The number of amides is 1. The largest absolute Gasteiger partial charge is 0.296 e. The number of carbonyl (C=O) groups is 1. The van der Waals surface area contributed by atoms with Gasteiger partial charge in [-0.25, -0.2) is 4.99 Å². The van der Waals surface area contributed by atoms with E-state index in [-0.39, 0.29) is 22.9 Å². The molecule has 0 atom stereocenters. The van der Waals surface area contributed by atoms with Gasteiger partial charge in [0.2, 0.25) is 0 Å². The molecule has 2 aliphatic rings. The van der Waals surface area contributed by atoms with Gasteiger partial charge in [-0.3, -0.25) is 9.69 Å². The van der Waals surface area contributed by atoms with Crippen LogP contribution in [0.1, 0.15) is 40.5 Å². The average molecular weight is 235 g/mol. The van der Waals surface area contributed by atoms with Crippen LogP contribution in [0.5, 0.6) is 0 Å². The fraction of sp³-hybridized carbons (Fsp3) is 0.769. The molecule has 0 aromatic heterocycles.